The van der Waals surface area contributed by atoms with E-state index in [-0.39, 0.29) is 11.3 Å². The molecular formula is C14H22N2OS. The lowest BCUT2D eigenvalue weighted by molar-refractivity contribution is 0.0740. The minimum absolute atomic E-state index is 0.0455. The van der Waals surface area contributed by atoms with Crippen molar-refractivity contribution < 1.29 is 4.79 Å². The molecular weight excluding hydrogens is 244 g/mol. The van der Waals surface area contributed by atoms with Gasteiger partial charge in [-0.15, -0.1) is 11.8 Å². The highest BCUT2D eigenvalue weighted by molar-refractivity contribution is 7.98. The standard InChI is InChI=1S/C14H22N2OS/c1-14(2,9-15)10-16(3)13(17)11-5-7-12(18-4)8-6-11/h5-8H,9-10,15H2,1-4H3. The SMILES string of the molecule is CSc1ccc(C(=O)N(C)CC(C)(C)CN)cc1. The van der Waals surface area contributed by atoms with Crippen molar-refractivity contribution in [1.29, 1.82) is 0 Å². The van der Waals surface area contributed by atoms with Crippen LogP contribution in [0.5, 0.6) is 0 Å². The average Bonchev–Trinajstić information content (AvgIpc) is 2.37. The van der Waals surface area contributed by atoms with Crippen LogP contribution in [0.25, 0.3) is 0 Å². The molecule has 0 unspecified atom stereocenters. The Morgan fingerprint density at radius 3 is 2.33 bits per heavy atom. The van der Waals surface area contributed by atoms with Gasteiger partial charge < -0.3 is 10.6 Å². The Hall–Kier alpha value is -1.00. The first-order chi connectivity index (χ1) is 8.39. The Morgan fingerprint density at radius 1 is 1.33 bits per heavy atom. The zero-order valence-corrected chi connectivity index (χ0v) is 12.4. The highest BCUT2D eigenvalue weighted by atomic mass is 32.2. The van der Waals surface area contributed by atoms with Gasteiger partial charge in [0, 0.05) is 24.1 Å². The summed E-state index contributed by atoms with van der Waals surface area (Å²) < 4.78 is 0. The zero-order valence-electron chi connectivity index (χ0n) is 11.6. The summed E-state index contributed by atoms with van der Waals surface area (Å²) in [5, 5.41) is 0. The molecule has 0 aliphatic carbocycles. The molecule has 1 amide bonds. The van der Waals surface area contributed by atoms with E-state index in [9.17, 15) is 4.79 Å². The van der Waals surface area contributed by atoms with Crippen molar-refractivity contribution in [3.8, 4) is 0 Å². The summed E-state index contributed by atoms with van der Waals surface area (Å²) in [7, 11) is 1.82. The lowest BCUT2D eigenvalue weighted by Gasteiger charge is -2.29. The van der Waals surface area contributed by atoms with Crippen LogP contribution in [0.1, 0.15) is 24.2 Å². The van der Waals surface area contributed by atoms with Crippen LogP contribution in [-0.2, 0) is 0 Å². The number of hydrogen-bond acceptors (Lipinski definition) is 3. The second-order valence-corrected chi connectivity index (χ2v) is 6.14. The van der Waals surface area contributed by atoms with Crippen LogP contribution >= 0.6 is 11.8 Å². The van der Waals surface area contributed by atoms with E-state index in [2.05, 4.69) is 13.8 Å². The van der Waals surface area contributed by atoms with Crippen LogP contribution in [0.3, 0.4) is 0 Å². The molecule has 0 aliphatic heterocycles. The van der Waals surface area contributed by atoms with E-state index in [1.807, 2.05) is 37.6 Å². The summed E-state index contributed by atoms with van der Waals surface area (Å²) in [4.78, 5) is 15.1. The smallest absolute Gasteiger partial charge is 0.253 e. The van der Waals surface area contributed by atoms with Gasteiger partial charge in [0.1, 0.15) is 0 Å². The maximum atomic E-state index is 12.2. The van der Waals surface area contributed by atoms with Crippen molar-refractivity contribution >= 4 is 17.7 Å². The summed E-state index contributed by atoms with van der Waals surface area (Å²) >= 11 is 1.67. The highest BCUT2D eigenvalue weighted by Gasteiger charge is 2.21. The maximum absolute atomic E-state index is 12.2. The van der Waals surface area contributed by atoms with Crippen LogP contribution in [-0.4, -0.2) is 37.2 Å². The van der Waals surface area contributed by atoms with Gasteiger partial charge in [0.15, 0.2) is 0 Å². The Bertz CT molecular complexity index is 401. The molecule has 0 heterocycles. The van der Waals surface area contributed by atoms with Gasteiger partial charge in [-0.25, -0.2) is 0 Å². The monoisotopic (exact) mass is 266 g/mol. The molecule has 100 valence electrons. The largest absolute Gasteiger partial charge is 0.341 e. The molecule has 0 bridgehead atoms. The van der Waals surface area contributed by atoms with Gasteiger partial charge in [-0.05, 0) is 42.5 Å². The van der Waals surface area contributed by atoms with E-state index >= 15 is 0 Å². The molecule has 0 fully saturated rings. The molecule has 0 spiro atoms. The minimum atomic E-state index is -0.0520. The lowest BCUT2D eigenvalue weighted by Crippen LogP contribution is -2.39. The van der Waals surface area contributed by atoms with Gasteiger partial charge in [-0.1, -0.05) is 13.8 Å². The number of rotatable bonds is 5. The van der Waals surface area contributed by atoms with Crippen LogP contribution in [0.15, 0.2) is 29.2 Å². The second kappa shape index (κ2) is 6.25. The summed E-state index contributed by atoms with van der Waals surface area (Å²) in [6.07, 6.45) is 2.02. The summed E-state index contributed by atoms with van der Waals surface area (Å²) in [5.74, 6) is 0.0455. The van der Waals surface area contributed by atoms with E-state index < -0.39 is 0 Å². The van der Waals surface area contributed by atoms with Crippen molar-refractivity contribution in [2.45, 2.75) is 18.7 Å². The second-order valence-electron chi connectivity index (χ2n) is 5.26. The van der Waals surface area contributed by atoms with E-state index in [0.717, 1.165) is 10.5 Å². The maximum Gasteiger partial charge on any atom is 0.253 e. The third-order valence-electron chi connectivity index (χ3n) is 2.90. The molecule has 1 aromatic rings. The normalized spacial score (nSPS) is 11.4. The van der Waals surface area contributed by atoms with Crippen molar-refractivity contribution in [3.63, 3.8) is 0 Å². The number of benzene rings is 1. The molecule has 0 saturated heterocycles. The molecule has 0 radical (unpaired) electrons. The fourth-order valence-electron chi connectivity index (χ4n) is 1.73. The van der Waals surface area contributed by atoms with Crippen molar-refractivity contribution in [2.24, 2.45) is 11.1 Å². The number of amides is 1. The molecule has 3 nitrogen and oxygen atoms in total. The first-order valence-corrected chi connectivity index (χ1v) is 7.22. The summed E-state index contributed by atoms with van der Waals surface area (Å²) in [6.45, 7) is 5.35. The van der Waals surface area contributed by atoms with Crippen LogP contribution in [0, 0.1) is 5.41 Å². The van der Waals surface area contributed by atoms with E-state index in [4.69, 9.17) is 5.73 Å². The molecule has 1 rings (SSSR count). The number of nitrogens with two attached hydrogens (primary N) is 1. The zero-order chi connectivity index (χ0) is 13.8. The Labute approximate surface area is 114 Å². The van der Waals surface area contributed by atoms with Gasteiger partial charge in [0.2, 0.25) is 0 Å². The quantitative estimate of drug-likeness (QED) is 0.833. The topological polar surface area (TPSA) is 46.3 Å². The molecule has 2 N–H and O–H groups in total. The summed E-state index contributed by atoms with van der Waals surface area (Å²) in [6, 6.07) is 7.69. The third kappa shape index (κ3) is 4.03. The van der Waals surface area contributed by atoms with E-state index in [1.165, 1.54) is 0 Å². The fraction of sp³-hybridized carbons (Fsp3) is 0.500. The molecule has 4 heteroatoms. The van der Waals surface area contributed by atoms with Gasteiger partial charge in [0.25, 0.3) is 5.91 Å². The molecule has 0 aromatic heterocycles. The van der Waals surface area contributed by atoms with Gasteiger partial charge >= 0.3 is 0 Å². The van der Waals surface area contributed by atoms with Gasteiger partial charge in [-0.2, -0.15) is 0 Å². The fourth-order valence-corrected chi connectivity index (χ4v) is 2.14. The number of thioether (sulfide) groups is 1. The lowest BCUT2D eigenvalue weighted by atomic mass is 9.93. The van der Waals surface area contributed by atoms with E-state index in [1.54, 1.807) is 16.7 Å². The van der Waals surface area contributed by atoms with Crippen LogP contribution < -0.4 is 5.73 Å². The predicted molar refractivity (Wildman–Crippen MR) is 78.0 cm³/mol. The predicted octanol–water partition coefficient (Wildman–Crippen LogP) is 2.47. The van der Waals surface area contributed by atoms with E-state index in [0.29, 0.717) is 13.1 Å². The van der Waals surface area contributed by atoms with Crippen LogP contribution in [0.4, 0.5) is 0 Å². The van der Waals surface area contributed by atoms with Crippen LogP contribution in [0.2, 0.25) is 0 Å². The first kappa shape index (κ1) is 15.1. The number of carbonyl (C=O) groups excluding carboxylic acids is 1. The molecule has 0 saturated carbocycles. The highest BCUT2D eigenvalue weighted by Crippen LogP contribution is 2.18. The Morgan fingerprint density at radius 2 is 1.89 bits per heavy atom. The Kier molecular flexibility index (Phi) is 5.23. The molecule has 0 aliphatic rings. The molecule has 0 atom stereocenters. The van der Waals surface area contributed by atoms with Crippen molar-refractivity contribution in [1.82, 2.24) is 4.90 Å². The van der Waals surface area contributed by atoms with Gasteiger partial charge in [-0.3, -0.25) is 4.79 Å². The minimum Gasteiger partial charge on any atom is -0.341 e. The first-order valence-electron chi connectivity index (χ1n) is 5.99. The average molecular weight is 266 g/mol. The van der Waals surface area contributed by atoms with Crippen molar-refractivity contribution in [3.05, 3.63) is 29.8 Å². The van der Waals surface area contributed by atoms with Gasteiger partial charge in [0.05, 0.1) is 0 Å². The van der Waals surface area contributed by atoms with Crippen molar-refractivity contribution in [2.75, 3.05) is 26.4 Å². The Balaban J connectivity index is 2.74. The molecule has 18 heavy (non-hydrogen) atoms. The number of carbonyl (C=O) groups is 1. The summed E-state index contributed by atoms with van der Waals surface area (Å²) in [5.41, 5.74) is 6.36. The number of nitrogens with zero attached hydrogens (tertiary/aromatic N) is 1. The molecule has 1 aromatic carbocycles. The third-order valence-corrected chi connectivity index (χ3v) is 3.65. The number of hydrogen-bond donors (Lipinski definition) is 1.